The van der Waals surface area contributed by atoms with Gasteiger partial charge in [-0.1, -0.05) is 6.07 Å². The summed E-state index contributed by atoms with van der Waals surface area (Å²) < 4.78 is 7.60. The zero-order valence-electron chi connectivity index (χ0n) is 11.2. The van der Waals surface area contributed by atoms with Gasteiger partial charge in [0.25, 0.3) is 0 Å². The molecule has 1 fully saturated rings. The Bertz CT molecular complexity index is 553. The molecule has 2 N–H and O–H groups in total. The number of fused-ring (bicyclic) bond motifs is 1. The lowest BCUT2D eigenvalue weighted by Gasteiger charge is -2.40. The molecular formula is C14H20N4O. The number of imidazole rings is 1. The number of nitrogens with two attached hydrogens (primary N) is 1. The molecule has 1 saturated heterocycles. The number of rotatable bonds is 3. The molecule has 0 spiro atoms. The van der Waals surface area contributed by atoms with Gasteiger partial charge in [0.2, 0.25) is 0 Å². The first kappa shape index (κ1) is 12.4. The van der Waals surface area contributed by atoms with E-state index in [9.17, 15) is 0 Å². The molecule has 0 aromatic carbocycles. The van der Waals surface area contributed by atoms with Crippen LogP contribution in [0, 0.1) is 0 Å². The summed E-state index contributed by atoms with van der Waals surface area (Å²) in [7, 11) is 1.78. The maximum atomic E-state index is 5.95. The maximum absolute atomic E-state index is 5.95. The summed E-state index contributed by atoms with van der Waals surface area (Å²) >= 11 is 0. The first-order valence-electron chi connectivity index (χ1n) is 6.75. The standard InChI is InChI=1S/C14H20N4O/c1-19-12-5-7-17(11(9-12)10-15)14-4-2-3-13-16-6-8-18(13)14/h2-4,6,8,11-12H,5,7,9-10,15H2,1H3. The molecule has 0 aliphatic carbocycles. The fourth-order valence-corrected chi connectivity index (χ4v) is 2.92. The highest BCUT2D eigenvalue weighted by Crippen LogP contribution is 2.26. The Morgan fingerprint density at radius 1 is 1.47 bits per heavy atom. The minimum atomic E-state index is 0.326. The second-order valence-electron chi connectivity index (χ2n) is 5.00. The number of methoxy groups -OCH3 is 1. The zero-order chi connectivity index (χ0) is 13.2. The SMILES string of the molecule is COC1CCN(c2cccc3nccn23)C(CN)C1. The molecule has 0 bridgehead atoms. The van der Waals surface area contributed by atoms with Crippen LogP contribution in [-0.2, 0) is 4.74 Å². The average Bonchev–Trinajstić information content (AvgIpc) is 2.95. The Kier molecular flexibility index (Phi) is 3.40. The van der Waals surface area contributed by atoms with E-state index >= 15 is 0 Å². The predicted octanol–water partition coefficient (Wildman–Crippen LogP) is 1.28. The number of hydrogen-bond acceptors (Lipinski definition) is 4. The van der Waals surface area contributed by atoms with Gasteiger partial charge in [-0.25, -0.2) is 4.98 Å². The fraction of sp³-hybridized carbons (Fsp3) is 0.500. The van der Waals surface area contributed by atoms with Gasteiger partial charge in [-0.3, -0.25) is 4.40 Å². The van der Waals surface area contributed by atoms with Gasteiger partial charge in [0.15, 0.2) is 0 Å². The molecule has 2 aromatic rings. The van der Waals surface area contributed by atoms with Crippen molar-refractivity contribution in [2.45, 2.75) is 25.0 Å². The molecule has 19 heavy (non-hydrogen) atoms. The van der Waals surface area contributed by atoms with E-state index in [1.165, 1.54) is 5.82 Å². The highest BCUT2D eigenvalue weighted by molar-refractivity contribution is 5.52. The normalized spacial score (nSPS) is 24.0. The van der Waals surface area contributed by atoms with Crippen LogP contribution in [0.2, 0.25) is 0 Å². The van der Waals surface area contributed by atoms with E-state index in [1.54, 1.807) is 7.11 Å². The minimum Gasteiger partial charge on any atom is -0.381 e. The van der Waals surface area contributed by atoms with Gasteiger partial charge >= 0.3 is 0 Å². The van der Waals surface area contributed by atoms with Crippen LogP contribution in [0.15, 0.2) is 30.6 Å². The lowest BCUT2D eigenvalue weighted by atomic mass is 9.99. The summed E-state index contributed by atoms with van der Waals surface area (Å²) in [6.45, 7) is 1.61. The summed E-state index contributed by atoms with van der Waals surface area (Å²) in [5.41, 5.74) is 6.92. The van der Waals surface area contributed by atoms with Crippen LogP contribution < -0.4 is 10.6 Å². The molecule has 1 aliphatic rings. The molecule has 2 atom stereocenters. The number of hydrogen-bond donors (Lipinski definition) is 1. The Hall–Kier alpha value is -1.59. The van der Waals surface area contributed by atoms with Crippen molar-refractivity contribution < 1.29 is 4.74 Å². The third-order valence-corrected chi connectivity index (χ3v) is 3.97. The second kappa shape index (κ2) is 5.19. The Morgan fingerprint density at radius 2 is 2.37 bits per heavy atom. The van der Waals surface area contributed by atoms with Gasteiger partial charge in [0.1, 0.15) is 11.5 Å². The van der Waals surface area contributed by atoms with Gasteiger partial charge in [0, 0.05) is 38.6 Å². The van der Waals surface area contributed by atoms with Crippen molar-refractivity contribution in [1.82, 2.24) is 9.38 Å². The van der Waals surface area contributed by atoms with Crippen LogP contribution in [0.5, 0.6) is 0 Å². The van der Waals surface area contributed by atoms with Gasteiger partial charge in [-0.15, -0.1) is 0 Å². The Morgan fingerprint density at radius 3 is 3.16 bits per heavy atom. The highest BCUT2D eigenvalue weighted by Gasteiger charge is 2.28. The van der Waals surface area contributed by atoms with E-state index in [4.69, 9.17) is 10.5 Å². The van der Waals surface area contributed by atoms with Crippen molar-refractivity contribution in [3.05, 3.63) is 30.6 Å². The molecule has 0 radical (unpaired) electrons. The summed E-state index contributed by atoms with van der Waals surface area (Å²) in [6.07, 6.45) is 6.18. The molecule has 1 aliphatic heterocycles. The second-order valence-corrected chi connectivity index (χ2v) is 5.00. The number of piperidine rings is 1. The Balaban J connectivity index is 1.94. The first-order chi connectivity index (χ1) is 9.33. The van der Waals surface area contributed by atoms with Crippen molar-refractivity contribution in [2.24, 2.45) is 5.73 Å². The van der Waals surface area contributed by atoms with Gasteiger partial charge in [-0.2, -0.15) is 0 Å². The lowest BCUT2D eigenvalue weighted by molar-refractivity contribution is 0.0707. The molecular weight excluding hydrogens is 240 g/mol. The third kappa shape index (κ3) is 2.19. The van der Waals surface area contributed by atoms with Crippen molar-refractivity contribution in [3.8, 4) is 0 Å². The monoisotopic (exact) mass is 260 g/mol. The number of aromatic nitrogens is 2. The summed E-state index contributed by atoms with van der Waals surface area (Å²) in [5, 5.41) is 0. The van der Waals surface area contributed by atoms with E-state index in [0.29, 0.717) is 18.7 Å². The van der Waals surface area contributed by atoms with Crippen molar-refractivity contribution in [1.29, 1.82) is 0 Å². The molecule has 3 rings (SSSR count). The maximum Gasteiger partial charge on any atom is 0.138 e. The van der Waals surface area contributed by atoms with Crippen LogP contribution in [0.1, 0.15) is 12.8 Å². The molecule has 2 aromatic heterocycles. The quantitative estimate of drug-likeness (QED) is 0.903. The molecule has 5 nitrogen and oxygen atoms in total. The number of ether oxygens (including phenoxy) is 1. The first-order valence-corrected chi connectivity index (χ1v) is 6.75. The number of nitrogens with zero attached hydrogens (tertiary/aromatic N) is 3. The van der Waals surface area contributed by atoms with Crippen molar-refractivity contribution in [2.75, 3.05) is 25.1 Å². The minimum absolute atomic E-state index is 0.326. The van der Waals surface area contributed by atoms with E-state index in [1.807, 2.05) is 24.5 Å². The van der Waals surface area contributed by atoms with E-state index in [2.05, 4.69) is 20.4 Å². The molecule has 2 unspecified atom stereocenters. The lowest BCUT2D eigenvalue weighted by Crippen LogP contribution is -2.49. The van der Waals surface area contributed by atoms with Gasteiger partial charge in [-0.05, 0) is 25.0 Å². The highest BCUT2D eigenvalue weighted by atomic mass is 16.5. The smallest absolute Gasteiger partial charge is 0.138 e. The Labute approximate surface area is 113 Å². The summed E-state index contributed by atoms with van der Waals surface area (Å²) in [6, 6.07) is 6.52. The van der Waals surface area contributed by atoms with Gasteiger partial charge < -0.3 is 15.4 Å². The zero-order valence-corrected chi connectivity index (χ0v) is 11.2. The molecule has 102 valence electrons. The average molecular weight is 260 g/mol. The van der Waals surface area contributed by atoms with Crippen LogP contribution in [0.3, 0.4) is 0 Å². The van der Waals surface area contributed by atoms with Crippen LogP contribution in [0.4, 0.5) is 5.82 Å². The molecule has 3 heterocycles. The van der Waals surface area contributed by atoms with Crippen LogP contribution >= 0.6 is 0 Å². The largest absolute Gasteiger partial charge is 0.381 e. The van der Waals surface area contributed by atoms with Gasteiger partial charge in [0.05, 0.1) is 6.10 Å². The van der Waals surface area contributed by atoms with E-state index < -0.39 is 0 Å². The van der Waals surface area contributed by atoms with E-state index in [-0.39, 0.29) is 0 Å². The number of anilines is 1. The van der Waals surface area contributed by atoms with Crippen molar-refractivity contribution in [3.63, 3.8) is 0 Å². The molecule has 0 amide bonds. The summed E-state index contributed by atoms with van der Waals surface area (Å²) in [4.78, 5) is 6.72. The fourth-order valence-electron chi connectivity index (χ4n) is 2.92. The van der Waals surface area contributed by atoms with Crippen LogP contribution in [0.25, 0.3) is 5.65 Å². The van der Waals surface area contributed by atoms with Crippen molar-refractivity contribution >= 4 is 11.5 Å². The number of pyridine rings is 1. The summed E-state index contributed by atoms with van der Waals surface area (Å²) in [5.74, 6) is 1.17. The molecule has 0 saturated carbocycles. The third-order valence-electron chi connectivity index (χ3n) is 3.97. The van der Waals surface area contributed by atoms with Crippen LogP contribution in [-0.4, -0.2) is 41.7 Å². The molecule has 5 heteroatoms. The predicted molar refractivity (Wildman–Crippen MR) is 75.4 cm³/mol. The topological polar surface area (TPSA) is 55.8 Å². The van der Waals surface area contributed by atoms with E-state index in [0.717, 1.165) is 25.0 Å².